The lowest BCUT2D eigenvalue weighted by Crippen LogP contribution is -2.42. The Bertz CT molecular complexity index is 759. The lowest BCUT2D eigenvalue weighted by molar-refractivity contribution is -0.117. The fourth-order valence-corrected chi connectivity index (χ4v) is 2.96. The fourth-order valence-electron chi connectivity index (χ4n) is 2.96. The third-order valence-corrected chi connectivity index (χ3v) is 4.46. The summed E-state index contributed by atoms with van der Waals surface area (Å²) >= 11 is 0. The van der Waals surface area contributed by atoms with Gasteiger partial charge < -0.3 is 11.1 Å². The molecule has 1 atom stereocenters. The topological polar surface area (TPSA) is 75.4 Å². The van der Waals surface area contributed by atoms with E-state index in [1.54, 1.807) is 36.4 Å². The lowest BCUT2D eigenvalue weighted by atomic mass is 9.94. The van der Waals surface area contributed by atoms with E-state index in [9.17, 15) is 14.0 Å². The molecule has 1 aliphatic heterocycles. The first kappa shape index (κ1) is 17.1. The molecule has 0 aliphatic carbocycles. The second-order valence-electron chi connectivity index (χ2n) is 6.13. The molecule has 1 heterocycles. The molecule has 0 spiro atoms. The zero-order chi connectivity index (χ0) is 17.8. The molecule has 0 bridgehead atoms. The van der Waals surface area contributed by atoms with Crippen LogP contribution in [0.2, 0.25) is 0 Å². The first-order valence-corrected chi connectivity index (χ1v) is 8.22. The number of primary amides is 1. The highest BCUT2D eigenvalue weighted by Gasteiger charge is 2.29. The molecule has 0 saturated carbocycles. The van der Waals surface area contributed by atoms with Gasteiger partial charge in [0.05, 0.1) is 0 Å². The predicted octanol–water partition coefficient (Wildman–Crippen LogP) is 2.70. The van der Waals surface area contributed by atoms with Gasteiger partial charge in [0.2, 0.25) is 11.8 Å². The van der Waals surface area contributed by atoms with Crippen molar-refractivity contribution < 1.29 is 14.0 Å². The summed E-state index contributed by atoms with van der Waals surface area (Å²) in [5.74, 6) is -0.824. The summed E-state index contributed by atoms with van der Waals surface area (Å²) in [5.41, 5.74) is 7.30. The van der Waals surface area contributed by atoms with Crippen molar-refractivity contribution in [2.24, 2.45) is 5.73 Å². The standard InChI is InChI=1S/C19H20FN3O2/c20-15-5-1-13(2-6-15)17-9-11-23(17)12-10-18(24)22-16-7-3-14(4-8-16)19(21)25/h1-8,17H,9-12H2,(H2,21,25)(H,22,24)/t17-/m1/s1. The zero-order valence-electron chi connectivity index (χ0n) is 13.7. The molecule has 1 fully saturated rings. The maximum absolute atomic E-state index is 13.0. The molecule has 3 rings (SSSR count). The Balaban J connectivity index is 1.49. The molecule has 0 aromatic heterocycles. The highest BCUT2D eigenvalue weighted by molar-refractivity contribution is 5.94. The monoisotopic (exact) mass is 341 g/mol. The summed E-state index contributed by atoms with van der Waals surface area (Å²) in [6.45, 7) is 1.58. The number of halogens is 1. The summed E-state index contributed by atoms with van der Waals surface area (Å²) in [6.07, 6.45) is 1.39. The van der Waals surface area contributed by atoms with Crippen LogP contribution in [0.15, 0.2) is 48.5 Å². The van der Waals surface area contributed by atoms with Crippen LogP contribution in [0, 0.1) is 5.82 Å². The van der Waals surface area contributed by atoms with E-state index in [-0.39, 0.29) is 17.8 Å². The maximum Gasteiger partial charge on any atom is 0.248 e. The Morgan fingerprint density at radius 2 is 1.80 bits per heavy atom. The third-order valence-electron chi connectivity index (χ3n) is 4.46. The normalized spacial score (nSPS) is 16.9. The van der Waals surface area contributed by atoms with E-state index in [0.717, 1.165) is 18.5 Å². The molecule has 0 radical (unpaired) electrons. The van der Waals surface area contributed by atoms with Crippen LogP contribution in [0.5, 0.6) is 0 Å². The Hall–Kier alpha value is -2.73. The van der Waals surface area contributed by atoms with E-state index in [0.29, 0.717) is 24.2 Å². The molecular weight excluding hydrogens is 321 g/mol. The summed E-state index contributed by atoms with van der Waals surface area (Å²) < 4.78 is 13.0. The molecular formula is C19H20FN3O2. The van der Waals surface area contributed by atoms with Gasteiger partial charge in [0, 0.05) is 36.8 Å². The molecule has 5 nitrogen and oxygen atoms in total. The van der Waals surface area contributed by atoms with Crippen LogP contribution in [0.25, 0.3) is 0 Å². The van der Waals surface area contributed by atoms with Gasteiger partial charge in [-0.1, -0.05) is 12.1 Å². The molecule has 3 N–H and O–H groups in total. The molecule has 130 valence electrons. The second kappa shape index (κ2) is 7.44. The number of rotatable bonds is 6. The quantitative estimate of drug-likeness (QED) is 0.848. The number of nitrogens with one attached hydrogen (secondary N) is 1. The molecule has 2 amide bonds. The Labute approximate surface area is 145 Å². The minimum absolute atomic E-state index is 0.0865. The number of nitrogens with zero attached hydrogens (tertiary/aromatic N) is 1. The van der Waals surface area contributed by atoms with Crippen molar-refractivity contribution in [2.45, 2.75) is 18.9 Å². The van der Waals surface area contributed by atoms with Crippen LogP contribution in [0.1, 0.15) is 34.8 Å². The van der Waals surface area contributed by atoms with Gasteiger partial charge in [-0.15, -0.1) is 0 Å². The van der Waals surface area contributed by atoms with Crippen molar-refractivity contribution in [1.82, 2.24) is 4.90 Å². The van der Waals surface area contributed by atoms with Crippen LogP contribution in [0.4, 0.5) is 10.1 Å². The minimum atomic E-state index is -0.498. The SMILES string of the molecule is NC(=O)c1ccc(NC(=O)CCN2CC[C@@H]2c2ccc(F)cc2)cc1. The van der Waals surface area contributed by atoms with Crippen LogP contribution in [0.3, 0.4) is 0 Å². The zero-order valence-corrected chi connectivity index (χ0v) is 13.7. The third kappa shape index (κ3) is 4.22. The number of hydrogen-bond donors (Lipinski definition) is 2. The van der Waals surface area contributed by atoms with Crippen molar-refractivity contribution >= 4 is 17.5 Å². The Kier molecular flexibility index (Phi) is 5.09. The van der Waals surface area contributed by atoms with Crippen molar-refractivity contribution in [3.63, 3.8) is 0 Å². The van der Waals surface area contributed by atoms with Crippen LogP contribution < -0.4 is 11.1 Å². The Morgan fingerprint density at radius 3 is 2.36 bits per heavy atom. The molecule has 6 heteroatoms. The molecule has 2 aromatic carbocycles. The number of anilines is 1. The lowest BCUT2D eigenvalue weighted by Gasteiger charge is -2.41. The van der Waals surface area contributed by atoms with Gasteiger partial charge in [0.1, 0.15) is 5.82 Å². The van der Waals surface area contributed by atoms with E-state index in [1.807, 2.05) is 0 Å². The molecule has 2 aromatic rings. The van der Waals surface area contributed by atoms with Gasteiger partial charge in [0.25, 0.3) is 0 Å². The summed E-state index contributed by atoms with van der Waals surface area (Å²) in [5, 5.41) is 2.81. The Morgan fingerprint density at radius 1 is 1.12 bits per heavy atom. The van der Waals surface area contributed by atoms with Crippen molar-refractivity contribution in [3.8, 4) is 0 Å². The highest BCUT2D eigenvalue weighted by atomic mass is 19.1. The molecule has 1 aliphatic rings. The maximum atomic E-state index is 13.0. The van der Waals surface area contributed by atoms with Gasteiger partial charge in [0.15, 0.2) is 0 Å². The second-order valence-corrected chi connectivity index (χ2v) is 6.13. The number of benzene rings is 2. The number of nitrogens with two attached hydrogens (primary N) is 1. The van der Waals surface area contributed by atoms with E-state index in [2.05, 4.69) is 10.2 Å². The summed E-state index contributed by atoms with van der Waals surface area (Å²) in [6, 6.07) is 13.3. The smallest absolute Gasteiger partial charge is 0.248 e. The highest BCUT2D eigenvalue weighted by Crippen LogP contribution is 2.33. The molecule has 25 heavy (non-hydrogen) atoms. The van der Waals surface area contributed by atoms with E-state index in [1.165, 1.54) is 12.1 Å². The van der Waals surface area contributed by atoms with Crippen molar-refractivity contribution in [3.05, 3.63) is 65.5 Å². The van der Waals surface area contributed by atoms with Gasteiger partial charge in [-0.2, -0.15) is 0 Å². The number of hydrogen-bond acceptors (Lipinski definition) is 3. The van der Waals surface area contributed by atoms with Crippen LogP contribution in [-0.2, 0) is 4.79 Å². The predicted molar refractivity (Wildman–Crippen MR) is 93.5 cm³/mol. The van der Waals surface area contributed by atoms with E-state index < -0.39 is 5.91 Å². The average Bonchev–Trinajstić information content (AvgIpc) is 2.56. The van der Waals surface area contributed by atoms with Gasteiger partial charge >= 0.3 is 0 Å². The minimum Gasteiger partial charge on any atom is -0.366 e. The fraction of sp³-hybridized carbons (Fsp3) is 0.263. The van der Waals surface area contributed by atoms with Crippen LogP contribution in [-0.4, -0.2) is 29.8 Å². The van der Waals surface area contributed by atoms with Crippen molar-refractivity contribution in [2.75, 3.05) is 18.4 Å². The first-order chi connectivity index (χ1) is 12.0. The van der Waals surface area contributed by atoms with Crippen LogP contribution >= 0.6 is 0 Å². The number of likely N-dealkylation sites (tertiary alicyclic amines) is 1. The van der Waals surface area contributed by atoms with Crippen molar-refractivity contribution in [1.29, 1.82) is 0 Å². The molecule has 0 unspecified atom stereocenters. The number of carbonyl (C=O) groups excluding carboxylic acids is 2. The summed E-state index contributed by atoms with van der Waals surface area (Å²) in [7, 11) is 0. The average molecular weight is 341 g/mol. The number of carbonyl (C=O) groups is 2. The molecule has 1 saturated heterocycles. The largest absolute Gasteiger partial charge is 0.366 e. The van der Waals surface area contributed by atoms with Gasteiger partial charge in [-0.05, 0) is 48.4 Å². The summed E-state index contributed by atoms with van der Waals surface area (Å²) in [4.78, 5) is 25.3. The van der Waals surface area contributed by atoms with E-state index >= 15 is 0 Å². The first-order valence-electron chi connectivity index (χ1n) is 8.22. The van der Waals surface area contributed by atoms with Gasteiger partial charge in [-0.25, -0.2) is 4.39 Å². The van der Waals surface area contributed by atoms with E-state index in [4.69, 9.17) is 5.73 Å². The van der Waals surface area contributed by atoms with Gasteiger partial charge in [-0.3, -0.25) is 14.5 Å². The number of amides is 2.